The van der Waals surface area contributed by atoms with E-state index in [1.807, 2.05) is 0 Å². The third kappa shape index (κ3) is 1.99. The number of fused-ring (bicyclic) bond motifs is 2. The van der Waals surface area contributed by atoms with Crippen molar-refractivity contribution in [1.82, 2.24) is 0 Å². The summed E-state index contributed by atoms with van der Waals surface area (Å²) in [4.78, 5) is 10.9. The predicted octanol–water partition coefficient (Wildman–Crippen LogP) is 2.31. The van der Waals surface area contributed by atoms with Gasteiger partial charge < -0.3 is 14.6 Å². The van der Waals surface area contributed by atoms with Crippen LogP contribution in [0.4, 0.5) is 4.39 Å². The molecule has 3 unspecified atom stereocenters. The van der Waals surface area contributed by atoms with Gasteiger partial charge in [0.05, 0.1) is 5.97 Å². The third-order valence-electron chi connectivity index (χ3n) is 4.65. The summed E-state index contributed by atoms with van der Waals surface area (Å²) in [7, 11) is 0. The van der Waals surface area contributed by atoms with Crippen molar-refractivity contribution >= 4 is 5.97 Å². The molecule has 0 saturated heterocycles. The SMILES string of the molecule is C=CC1(Oc2cc(C(=O)[O-])ccc2F)CC2CCC1C2. The Morgan fingerprint density at radius 2 is 2.30 bits per heavy atom. The Hall–Kier alpha value is -1.84. The van der Waals surface area contributed by atoms with Gasteiger partial charge >= 0.3 is 0 Å². The van der Waals surface area contributed by atoms with E-state index in [1.165, 1.54) is 18.6 Å². The first-order chi connectivity index (χ1) is 9.54. The van der Waals surface area contributed by atoms with Gasteiger partial charge in [0.25, 0.3) is 0 Å². The summed E-state index contributed by atoms with van der Waals surface area (Å²) in [6, 6.07) is 3.48. The lowest BCUT2D eigenvalue weighted by Gasteiger charge is -2.35. The molecule has 0 N–H and O–H groups in total. The highest BCUT2D eigenvalue weighted by Gasteiger charge is 2.51. The molecule has 3 nitrogen and oxygen atoms in total. The molecule has 0 radical (unpaired) electrons. The summed E-state index contributed by atoms with van der Waals surface area (Å²) in [5.74, 6) is -0.977. The highest BCUT2D eigenvalue weighted by Crippen LogP contribution is 2.53. The van der Waals surface area contributed by atoms with Crippen LogP contribution < -0.4 is 9.84 Å². The number of carboxylic acid groups (broad SMARTS) is 1. The molecule has 2 aliphatic carbocycles. The van der Waals surface area contributed by atoms with Gasteiger partial charge in [-0.2, -0.15) is 0 Å². The topological polar surface area (TPSA) is 49.4 Å². The largest absolute Gasteiger partial charge is 0.545 e. The number of ether oxygens (including phenoxy) is 1. The van der Waals surface area contributed by atoms with E-state index < -0.39 is 17.4 Å². The van der Waals surface area contributed by atoms with Crippen LogP contribution in [0.1, 0.15) is 36.0 Å². The van der Waals surface area contributed by atoms with Gasteiger partial charge in [-0.25, -0.2) is 4.39 Å². The van der Waals surface area contributed by atoms with Crippen LogP contribution in [0.25, 0.3) is 0 Å². The average Bonchev–Trinajstić information content (AvgIpc) is 3.02. The maximum atomic E-state index is 13.9. The van der Waals surface area contributed by atoms with Crippen LogP contribution in [0.2, 0.25) is 0 Å². The van der Waals surface area contributed by atoms with Crippen LogP contribution in [0.5, 0.6) is 5.75 Å². The molecular weight excluding hydrogens is 259 g/mol. The van der Waals surface area contributed by atoms with Crippen LogP contribution in [0.3, 0.4) is 0 Å². The van der Waals surface area contributed by atoms with Gasteiger partial charge in [-0.15, -0.1) is 0 Å². The number of halogens is 1. The lowest BCUT2D eigenvalue weighted by atomic mass is 9.84. The minimum Gasteiger partial charge on any atom is -0.545 e. The minimum atomic E-state index is -1.34. The fourth-order valence-corrected chi connectivity index (χ4v) is 3.65. The molecule has 0 aliphatic heterocycles. The van der Waals surface area contributed by atoms with Crippen LogP contribution in [-0.2, 0) is 0 Å². The molecule has 2 saturated carbocycles. The molecule has 1 aromatic rings. The lowest BCUT2D eigenvalue weighted by molar-refractivity contribution is -0.255. The Morgan fingerprint density at radius 3 is 2.85 bits per heavy atom. The van der Waals surface area contributed by atoms with E-state index in [0.29, 0.717) is 11.8 Å². The summed E-state index contributed by atoms with van der Waals surface area (Å²) in [6.07, 6.45) is 5.90. The minimum absolute atomic E-state index is 0.0286. The Balaban J connectivity index is 1.92. The number of aromatic carboxylic acids is 1. The first-order valence-corrected chi connectivity index (χ1v) is 6.87. The Kier molecular flexibility index (Phi) is 3.04. The molecule has 4 heteroatoms. The van der Waals surface area contributed by atoms with Crippen molar-refractivity contribution in [3.05, 3.63) is 42.2 Å². The van der Waals surface area contributed by atoms with E-state index in [2.05, 4.69) is 6.58 Å². The monoisotopic (exact) mass is 275 g/mol. The summed E-state index contributed by atoms with van der Waals surface area (Å²) < 4.78 is 19.7. The first kappa shape index (κ1) is 13.2. The highest BCUT2D eigenvalue weighted by atomic mass is 19.1. The van der Waals surface area contributed by atoms with Gasteiger partial charge in [0.1, 0.15) is 5.60 Å². The summed E-state index contributed by atoms with van der Waals surface area (Å²) in [5, 5.41) is 10.9. The van der Waals surface area contributed by atoms with Crippen molar-refractivity contribution < 1.29 is 19.0 Å². The molecule has 3 rings (SSSR count). The summed E-state index contributed by atoms with van der Waals surface area (Å²) >= 11 is 0. The molecule has 106 valence electrons. The highest BCUT2D eigenvalue weighted by molar-refractivity contribution is 5.86. The van der Waals surface area contributed by atoms with Crippen molar-refractivity contribution in [3.63, 3.8) is 0 Å². The van der Waals surface area contributed by atoms with Crippen molar-refractivity contribution in [2.75, 3.05) is 0 Å². The summed E-state index contributed by atoms with van der Waals surface area (Å²) in [6.45, 7) is 3.84. The first-order valence-electron chi connectivity index (χ1n) is 6.87. The summed E-state index contributed by atoms with van der Waals surface area (Å²) in [5.41, 5.74) is -0.641. The smallest absolute Gasteiger partial charge is 0.165 e. The number of carbonyl (C=O) groups excluding carboxylic acids is 1. The standard InChI is InChI=1S/C16H17FO3/c1-2-16(9-10-3-5-12(16)7-10)20-14-8-11(15(18)19)4-6-13(14)17/h2,4,6,8,10,12H,1,3,5,7,9H2,(H,18,19)/p-1. The molecule has 0 amide bonds. The maximum Gasteiger partial charge on any atom is 0.165 e. The van der Waals surface area contributed by atoms with E-state index in [4.69, 9.17) is 4.74 Å². The van der Waals surface area contributed by atoms with E-state index in [9.17, 15) is 14.3 Å². The second-order valence-electron chi connectivity index (χ2n) is 5.77. The molecule has 2 aliphatic rings. The maximum absolute atomic E-state index is 13.9. The predicted molar refractivity (Wildman–Crippen MR) is 69.7 cm³/mol. The number of carboxylic acids is 1. The van der Waals surface area contributed by atoms with Gasteiger partial charge in [0.15, 0.2) is 11.6 Å². The zero-order valence-electron chi connectivity index (χ0n) is 11.1. The van der Waals surface area contributed by atoms with E-state index >= 15 is 0 Å². The van der Waals surface area contributed by atoms with E-state index in [0.717, 1.165) is 25.3 Å². The quantitative estimate of drug-likeness (QED) is 0.792. The van der Waals surface area contributed by atoms with Crippen LogP contribution in [0, 0.1) is 17.7 Å². The molecule has 0 heterocycles. The van der Waals surface area contributed by atoms with Crippen molar-refractivity contribution in [1.29, 1.82) is 0 Å². The van der Waals surface area contributed by atoms with Crippen LogP contribution in [-0.4, -0.2) is 11.6 Å². The van der Waals surface area contributed by atoms with Crippen molar-refractivity contribution in [2.45, 2.75) is 31.3 Å². The Morgan fingerprint density at radius 1 is 1.50 bits per heavy atom. The number of benzene rings is 1. The molecule has 2 fully saturated rings. The second-order valence-corrected chi connectivity index (χ2v) is 5.77. The molecule has 20 heavy (non-hydrogen) atoms. The number of hydrogen-bond acceptors (Lipinski definition) is 3. The molecule has 3 atom stereocenters. The number of rotatable bonds is 4. The molecular formula is C16H16FO3-. The van der Waals surface area contributed by atoms with Crippen LogP contribution in [0.15, 0.2) is 30.9 Å². The van der Waals surface area contributed by atoms with Gasteiger partial charge in [0, 0.05) is 11.5 Å². The second kappa shape index (κ2) is 4.62. The number of hydrogen-bond donors (Lipinski definition) is 0. The van der Waals surface area contributed by atoms with Crippen molar-refractivity contribution in [2.24, 2.45) is 11.8 Å². The normalized spacial score (nSPS) is 31.2. The average molecular weight is 275 g/mol. The third-order valence-corrected chi connectivity index (χ3v) is 4.65. The Bertz CT molecular complexity index is 569. The zero-order chi connectivity index (χ0) is 14.3. The van der Waals surface area contributed by atoms with Gasteiger partial charge in [0.2, 0.25) is 0 Å². The zero-order valence-corrected chi connectivity index (χ0v) is 11.1. The van der Waals surface area contributed by atoms with E-state index in [-0.39, 0.29) is 11.3 Å². The van der Waals surface area contributed by atoms with Crippen LogP contribution >= 0.6 is 0 Å². The van der Waals surface area contributed by atoms with Gasteiger partial charge in [-0.3, -0.25) is 0 Å². The van der Waals surface area contributed by atoms with Crippen molar-refractivity contribution in [3.8, 4) is 5.75 Å². The molecule has 2 bridgehead atoms. The molecule has 1 aromatic carbocycles. The molecule has 0 aromatic heterocycles. The molecule has 0 spiro atoms. The van der Waals surface area contributed by atoms with Gasteiger partial charge in [-0.1, -0.05) is 6.58 Å². The Labute approximate surface area is 117 Å². The lowest BCUT2D eigenvalue weighted by Crippen LogP contribution is -2.39. The fourth-order valence-electron chi connectivity index (χ4n) is 3.65. The fraction of sp³-hybridized carbons (Fsp3) is 0.438. The van der Waals surface area contributed by atoms with Gasteiger partial charge in [-0.05, 0) is 55.9 Å². The van der Waals surface area contributed by atoms with E-state index in [1.54, 1.807) is 6.08 Å². The number of carbonyl (C=O) groups is 1.